The largest absolute Gasteiger partial charge is 0.351 e. The van der Waals surface area contributed by atoms with Gasteiger partial charge in [0.1, 0.15) is 0 Å². The highest BCUT2D eigenvalue weighted by molar-refractivity contribution is 6.42. The number of carbonyl (C=O) groups is 2. The van der Waals surface area contributed by atoms with Gasteiger partial charge in [0.05, 0.1) is 16.6 Å². The topological polar surface area (TPSA) is 70.2 Å². The summed E-state index contributed by atoms with van der Waals surface area (Å²) >= 11 is 11.7. The molecule has 2 atom stereocenters. The molecule has 0 spiro atoms. The summed E-state index contributed by atoms with van der Waals surface area (Å²) in [6, 6.07) is 4.74. The number of hydrogen-bond acceptors (Lipinski definition) is 3. The third kappa shape index (κ3) is 5.84. The molecule has 2 unspecified atom stereocenters. The first-order chi connectivity index (χ1) is 10.5. The summed E-state index contributed by atoms with van der Waals surface area (Å²) in [7, 11) is 0. The predicted octanol–water partition coefficient (Wildman–Crippen LogP) is 2.26. The molecule has 128 valence electrons. The lowest BCUT2D eigenvalue weighted by atomic mass is 9.95. The van der Waals surface area contributed by atoms with Crippen LogP contribution in [-0.4, -0.2) is 37.5 Å². The van der Waals surface area contributed by atoms with Crippen molar-refractivity contribution in [2.45, 2.75) is 19.4 Å². The lowest BCUT2D eigenvalue weighted by Gasteiger charge is -2.30. The van der Waals surface area contributed by atoms with E-state index in [4.69, 9.17) is 23.2 Å². The zero-order valence-electron chi connectivity index (χ0n) is 12.7. The summed E-state index contributed by atoms with van der Waals surface area (Å²) in [4.78, 5) is 23.9. The number of carbonyl (C=O) groups excluding carboxylic acids is 2. The quantitative estimate of drug-likeness (QED) is 0.750. The van der Waals surface area contributed by atoms with Crippen molar-refractivity contribution < 1.29 is 9.59 Å². The van der Waals surface area contributed by atoms with Gasteiger partial charge in [0.15, 0.2) is 0 Å². The van der Waals surface area contributed by atoms with Crippen LogP contribution in [0.15, 0.2) is 18.2 Å². The average Bonchev–Trinajstić information content (AvgIpc) is 2.50. The van der Waals surface area contributed by atoms with Crippen LogP contribution in [0.5, 0.6) is 0 Å². The minimum Gasteiger partial charge on any atom is -0.351 e. The Morgan fingerprint density at radius 3 is 2.70 bits per heavy atom. The molecule has 23 heavy (non-hydrogen) atoms. The van der Waals surface area contributed by atoms with E-state index < -0.39 is 0 Å². The molecule has 1 aliphatic rings. The normalized spacial score (nSPS) is 20.3. The van der Waals surface area contributed by atoms with Crippen molar-refractivity contribution in [2.75, 3.05) is 19.6 Å². The number of piperidine rings is 1. The van der Waals surface area contributed by atoms with Gasteiger partial charge in [-0.05, 0) is 43.6 Å². The Hall–Kier alpha value is -1.01. The van der Waals surface area contributed by atoms with E-state index in [9.17, 15) is 9.59 Å². The monoisotopic (exact) mass is 379 g/mol. The van der Waals surface area contributed by atoms with E-state index in [1.807, 2.05) is 0 Å². The van der Waals surface area contributed by atoms with Crippen molar-refractivity contribution in [1.82, 2.24) is 16.0 Å². The molecule has 3 N–H and O–H groups in total. The van der Waals surface area contributed by atoms with Gasteiger partial charge in [-0.3, -0.25) is 9.59 Å². The lowest BCUT2D eigenvalue weighted by Crippen LogP contribution is -2.50. The van der Waals surface area contributed by atoms with E-state index in [0.29, 0.717) is 21.5 Å². The van der Waals surface area contributed by atoms with Gasteiger partial charge in [0, 0.05) is 11.6 Å². The Balaban J connectivity index is 0.00000264. The van der Waals surface area contributed by atoms with Crippen LogP contribution in [0.1, 0.15) is 23.7 Å². The minimum atomic E-state index is -0.355. The molecule has 0 aromatic heterocycles. The molecule has 1 aliphatic heterocycles. The van der Waals surface area contributed by atoms with Crippen molar-refractivity contribution in [3.8, 4) is 0 Å². The van der Waals surface area contributed by atoms with Gasteiger partial charge in [-0.15, -0.1) is 12.4 Å². The third-order valence-corrected chi connectivity index (χ3v) is 4.46. The van der Waals surface area contributed by atoms with Crippen LogP contribution in [-0.2, 0) is 4.79 Å². The molecule has 1 saturated heterocycles. The first-order valence-corrected chi connectivity index (χ1v) is 7.96. The van der Waals surface area contributed by atoms with E-state index in [1.54, 1.807) is 12.1 Å². The molecule has 0 saturated carbocycles. The van der Waals surface area contributed by atoms with Crippen molar-refractivity contribution in [2.24, 2.45) is 5.92 Å². The second kappa shape index (κ2) is 9.33. The van der Waals surface area contributed by atoms with Gasteiger partial charge in [-0.1, -0.05) is 30.1 Å². The van der Waals surface area contributed by atoms with Crippen LogP contribution in [0, 0.1) is 5.92 Å². The summed E-state index contributed by atoms with van der Waals surface area (Å²) in [6.07, 6.45) is 0.896. The number of halogens is 3. The van der Waals surface area contributed by atoms with E-state index in [2.05, 4.69) is 22.9 Å². The van der Waals surface area contributed by atoms with Crippen LogP contribution in [0.3, 0.4) is 0 Å². The summed E-state index contributed by atoms with van der Waals surface area (Å²) in [5, 5.41) is 9.50. The molecule has 5 nitrogen and oxygen atoms in total. The summed E-state index contributed by atoms with van der Waals surface area (Å²) < 4.78 is 0. The van der Waals surface area contributed by atoms with Gasteiger partial charge in [0.25, 0.3) is 5.91 Å². The zero-order valence-corrected chi connectivity index (χ0v) is 15.0. The van der Waals surface area contributed by atoms with Crippen molar-refractivity contribution in [1.29, 1.82) is 0 Å². The molecule has 8 heteroatoms. The average molecular weight is 381 g/mol. The van der Waals surface area contributed by atoms with Crippen LogP contribution >= 0.6 is 35.6 Å². The number of rotatable bonds is 4. The Kier molecular flexibility index (Phi) is 8.12. The molecule has 0 aliphatic carbocycles. The second-order valence-electron chi connectivity index (χ2n) is 5.46. The highest BCUT2D eigenvalue weighted by atomic mass is 35.5. The highest BCUT2D eigenvalue weighted by Gasteiger charge is 2.22. The van der Waals surface area contributed by atoms with E-state index >= 15 is 0 Å². The van der Waals surface area contributed by atoms with Crippen LogP contribution in [0.4, 0.5) is 0 Å². The van der Waals surface area contributed by atoms with Crippen molar-refractivity contribution >= 4 is 47.4 Å². The number of amides is 2. The van der Waals surface area contributed by atoms with Crippen LogP contribution in [0.2, 0.25) is 10.0 Å². The molecular weight excluding hydrogens is 361 g/mol. The molecule has 2 amide bonds. The summed E-state index contributed by atoms with van der Waals surface area (Å²) in [6.45, 7) is 3.81. The molecule has 0 radical (unpaired) electrons. The maximum Gasteiger partial charge on any atom is 0.251 e. The zero-order chi connectivity index (χ0) is 16.1. The van der Waals surface area contributed by atoms with Gasteiger partial charge in [-0.25, -0.2) is 0 Å². The van der Waals surface area contributed by atoms with Gasteiger partial charge >= 0.3 is 0 Å². The minimum absolute atomic E-state index is 0. The maximum atomic E-state index is 12.0. The SMILES string of the molecule is CC1CNCCC1NC(=O)CNC(=O)c1ccc(Cl)c(Cl)c1.Cl. The first-order valence-electron chi connectivity index (χ1n) is 7.20. The molecule has 2 rings (SSSR count). The first kappa shape index (κ1) is 20.0. The molecular formula is C15H20Cl3N3O2. The highest BCUT2D eigenvalue weighted by Crippen LogP contribution is 2.22. The van der Waals surface area contributed by atoms with E-state index in [1.165, 1.54) is 6.07 Å². The van der Waals surface area contributed by atoms with Gasteiger partial charge in [-0.2, -0.15) is 0 Å². The van der Waals surface area contributed by atoms with Crippen molar-refractivity contribution in [3.63, 3.8) is 0 Å². The fourth-order valence-electron chi connectivity index (χ4n) is 2.39. The molecule has 0 bridgehead atoms. The lowest BCUT2D eigenvalue weighted by molar-refractivity contribution is -0.121. The third-order valence-electron chi connectivity index (χ3n) is 3.72. The van der Waals surface area contributed by atoms with Crippen LogP contribution in [0.25, 0.3) is 0 Å². The molecule has 1 heterocycles. The van der Waals surface area contributed by atoms with Gasteiger partial charge in [0.2, 0.25) is 5.91 Å². The number of hydrogen-bond donors (Lipinski definition) is 3. The number of nitrogens with one attached hydrogen (secondary N) is 3. The predicted molar refractivity (Wildman–Crippen MR) is 94.6 cm³/mol. The molecule has 1 aromatic rings. The number of benzene rings is 1. The maximum absolute atomic E-state index is 12.0. The summed E-state index contributed by atoms with van der Waals surface area (Å²) in [5.41, 5.74) is 0.373. The Morgan fingerprint density at radius 2 is 2.04 bits per heavy atom. The van der Waals surface area contributed by atoms with E-state index in [0.717, 1.165) is 19.5 Å². The standard InChI is InChI=1S/C15H19Cl2N3O2.ClH/c1-9-7-18-5-4-13(9)20-14(21)8-19-15(22)10-2-3-11(16)12(17)6-10;/h2-3,6,9,13,18H,4-5,7-8H2,1H3,(H,19,22)(H,20,21);1H. The fourth-order valence-corrected chi connectivity index (χ4v) is 2.68. The summed E-state index contributed by atoms with van der Waals surface area (Å²) in [5.74, 6) is -0.164. The van der Waals surface area contributed by atoms with E-state index in [-0.39, 0.29) is 36.8 Å². The Bertz CT molecular complexity index is 569. The smallest absolute Gasteiger partial charge is 0.251 e. The van der Waals surface area contributed by atoms with Crippen molar-refractivity contribution in [3.05, 3.63) is 33.8 Å². The van der Waals surface area contributed by atoms with Crippen LogP contribution < -0.4 is 16.0 Å². The Morgan fingerprint density at radius 1 is 1.30 bits per heavy atom. The Labute approximate surface area is 151 Å². The fraction of sp³-hybridized carbons (Fsp3) is 0.467. The second-order valence-corrected chi connectivity index (χ2v) is 6.27. The van der Waals surface area contributed by atoms with Gasteiger partial charge < -0.3 is 16.0 Å². The molecule has 1 fully saturated rings. The molecule has 1 aromatic carbocycles.